The summed E-state index contributed by atoms with van der Waals surface area (Å²) in [6.45, 7) is 7.35. The van der Waals surface area contributed by atoms with E-state index in [9.17, 15) is 4.79 Å². The van der Waals surface area contributed by atoms with Crippen molar-refractivity contribution in [3.05, 3.63) is 0 Å². The Morgan fingerprint density at radius 3 is 2.11 bits per heavy atom. The summed E-state index contributed by atoms with van der Waals surface area (Å²) in [5.74, 6) is 1.99. The highest BCUT2D eigenvalue weighted by atomic mass is 16.2. The zero-order valence-corrected chi connectivity index (χ0v) is 12.2. The Morgan fingerprint density at radius 2 is 1.53 bits per heavy atom. The largest absolute Gasteiger partial charge is 0.342 e. The molecule has 1 amide bonds. The van der Waals surface area contributed by atoms with Crippen molar-refractivity contribution in [3.63, 3.8) is 0 Å². The number of fused-ring (bicyclic) bond motifs is 1. The van der Waals surface area contributed by atoms with E-state index in [1.54, 1.807) is 0 Å². The molecule has 0 aromatic heterocycles. The summed E-state index contributed by atoms with van der Waals surface area (Å²) in [7, 11) is 2.21. The molecule has 3 heterocycles. The van der Waals surface area contributed by atoms with E-state index in [-0.39, 0.29) is 0 Å². The van der Waals surface area contributed by atoms with E-state index < -0.39 is 0 Å². The standard InChI is InChI=1S/C15H27N3O/c1-16-8-13-10-17(11-14(13)9-16)12-15(19)18-6-4-2-3-5-7-18/h13-14H,2-12H2,1H3. The number of hydrogen-bond donors (Lipinski definition) is 0. The number of carbonyl (C=O) groups excluding carboxylic acids is 1. The number of carbonyl (C=O) groups is 1. The maximum Gasteiger partial charge on any atom is 0.236 e. The molecule has 4 heteroatoms. The van der Waals surface area contributed by atoms with Gasteiger partial charge in [-0.15, -0.1) is 0 Å². The van der Waals surface area contributed by atoms with Crippen molar-refractivity contribution in [1.82, 2.24) is 14.7 Å². The van der Waals surface area contributed by atoms with Crippen LogP contribution in [0.15, 0.2) is 0 Å². The van der Waals surface area contributed by atoms with Crippen molar-refractivity contribution in [2.24, 2.45) is 11.8 Å². The Morgan fingerprint density at radius 1 is 0.947 bits per heavy atom. The summed E-state index contributed by atoms with van der Waals surface area (Å²) < 4.78 is 0. The van der Waals surface area contributed by atoms with Gasteiger partial charge in [0.25, 0.3) is 0 Å². The highest BCUT2D eigenvalue weighted by Crippen LogP contribution is 2.29. The Labute approximate surface area is 116 Å². The van der Waals surface area contributed by atoms with E-state index in [2.05, 4.69) is 21.7 Å². The van der Waals surface area contributed by atoms with Gasteiger partial charge in [0, 0.05) is 39.3 Å². The van der Waals surface area contributed by atoms with Crippen LogP contribution in [0.2, 0.25) is 0 Å². The lowest BCUT2D eigenvalue weighted by Crippen LogP contribution is -2.41. The molecule has 0 spiro atoms. The third-order valence-electron chi connectivity index (χ3n) is 5.06. The Kier molecular flexibility index (Phi) is 4.08. The zero-order chi connectivity index (χ0) is 13.2. The quantitative estimate of drug-likeness (QED) is 0.742. The van der Waals surface area contributed by atoms with Crippen LogP contribution >= 0.6 is 0 Å². The van der Waals surface area contributed by atoms with Crippen LogP contribution in [0.4, 0.5) is 0 Å². The molecule has 0 N–H and O–H groups in total. The molecular weight excluding hydrogens is 238 g/mol. The average molecular weight is 265 g/mol. The van der Waals surface area contributed by atoms with Gasteiger partial charge in [-0.05, 0) is 31.7 Å². The van der Waals surface area contributed by atoms with E-state index in [1.807, 2.05) is 0 Å². The van der Waals surface area contributed by atoms with Crippen LogP contribution in [0.1, 0.15) is 25.7 Å². The van der Waals surface area contributed by atoms with Gasteiger partial charge in [0.2, 0.25) is 5.91 Å². The number of rotatable bonds is 2. The van der Waals surface area contributed by atoms with Crippen molar-refractivity contribution in [2.45, 2.75) is 25.7 Å². The van der Waals surface area contributed by atoms with E-state index in [4.69, 9.17) is 0 Å². The number of amides is 1. The average Bonchev–Trinajstić information content (AvgIpc) is 2.76. The van der Waals surface area contributed by atoms with Crippen LogP contribution in [0.25, 0.3) is 0 Å². The third kappa shape index (κ3) is 3.11. The smallest absolute Gasteiger partial charge is 0.236 e. The maximum absolute atomic E-state index is 12.4. The van der Waals surface area contributed by atoms with Crippen molar-refractivity contribution < 1.29 is 4.79 Å². The Hall–Kier alpha value is -0.610. The number of hydrogen-bond acceptors (Lipinski definition) is 3. The fourth-order valence-corrected chi connectivity index (χ4v) is 4.07. The van der Waals surface area contributed by atoms with Gasteiger partial charge in [0.1, 0.15) is 0 Å². The van der Waals surface area contributed by atoms with Crippen LogP contribution < -0.4 is 0 Å². The van der Waals surface area contributed by atoms with Gasteiger partial charge in [0.15, 0.2) is 0 Å². The van der Waals surface area contributed by atoms with Crippen molar-refractivity contribution >= 4 is 5.91 Å². The summed E-state index contributed by atoms with van der Waals surface area (Å²) in [4.78, 5) is 19.3. The Bertz CT molecular complexity index is 311. The minimum Gasteiger partial charge on any atom is -0.342 e. The molecule has 3 aliphatic rings. The van der Waals surface area contributed by atoms with Crippen LogP contribution in [0.3, 0.4) is 0 Å². The van der Waals surface area contributed by atoms with Crippen LogP contribution in [0.5, 0.6) is 0 Å². The van der Waals surface area contributed by atoms with Crippen molar-refractivity contribution in [1.29, 1.82) is 0 Å². The fraction of sp³-hybridized carbons (Fsp3) is 0.933. The van der Waals surface area contributed by atoms with Crippen LogP contribution in [-0.2, 0) is 4.79 Å². The topological polar surface area (TPSA) is 26.8 Å². The molecule has 0 radical (unpaired) electrons. The number of nitrogens with zero attached hydrogens (tertiary/aromatic N) is 3. The van der Waals surface area contributed by atoms with Gasteiger partial charge >= 0.3 is 0 Å². The molecule has 0 saturated carbocycles. The van der Waals surface area contributed by atoms with E-state index in [1.165, 1.54) is 38.8 Å². The first-order chi connectivity index (χ1) is 9.22. The fourth-order valence-electron chi connectivity index (χ4n) is 4.07. The second-order valence-electron chi connectivity index (χ2n) is 6.73. The highest BCUT2D eigenvalue weighted by Gasteiger charge is 2.39. The van der Waals surface area contributed by atoms with Crippen molar-refractivity contribution in [2.75, 3.05) is 52.9 Å². The molecule has 19 heavy (non-hydrogen) atoms. The van der Waals surface area contributed by atoms with Crippen molar-refractivity contribution in [3.8, 4) is 0 Å². The molecule has 2 atom stereocenters. The molecule has 108 valence electrons. The summed E-state index contributed by atoms with van der Waals surface area (Å²) in [5, 5.41) is 0. The minimum atomic E-state index is 0.371. The molecule has 0 bridgehead atoms. The predicted octanol–water partition coefficient (Wildman–Crippen LogP) is 0.882. The molecule has 3 fully saturated rings. The first kappa shape index (κ1) is 13.4. The van der Waals surface area contributed by atoms with Gasteiger partial charge < -0.3 is 9.80 Å². The van der Waals surface area contributed by atoms with Gasteiger partial charge in [-0.3, -0.25) is 9.69 Å². The van der Waals surface area contributed by atoms with E-state index in [0.717, 1.165) is 38.0 Å². The molecular formula is C15H27N3O. The van der Waals surface area contributed by atoms with Crippen LogP contribution in [-0.4, -0.2) is 73.5 Å². The monoisotopic (exact) mass is 265 g/mol. The summed E-state index contributed by atoms with van der Waals surface area (Å²) in [5.41, 5.74) is 0. The molecule has 4 nitrogen and oxygen atoms in total. The van der Waals surface area contributed by atoms with Gasteiger partial charge in [0.05, 0.1) is 6.54 Å². The molecule has 3 saturated heterocycles. The third-order valence-corrected chi connectivity index (χ3v) is 5.06. The lowest BCUT2D eigenvalue weighted by Gasteiger charge is -2.24. The lowest BCUT2D eigenvalue weighted by molar-refractivity contribution is -0.132. The van der Waals surface area contributed by atoms with Gasteiger partial charge in [-0.2, -0.15) is 0 Å². The molecule has 0 aliphatic carbocycles. The normalized spacial score (nSPS) is 33.4. The van der Waals surface area contributed by atoms with E-state index in [0.29, 0.717) is 12.5 Å². The molecule has 3 rings (SSSR count). The molecule has 0 aromatic carbocycles. The molecule has 2 unspecified atom stereocenters. The summed E-state index contributed by atoms with van der Waals surface area (Å²) in [6, 6.07) is 0. The van der Waals surface area contributed by atoms with Gasteiger partial charge in [-0.1, -0.05) is 12.8 Å². The lowest BCUT2D eigenvalue weighted by atomic mass is 10.0. The second kappa shape index (κ2) is 5.80. The SMILES string of the molecule is CN1CC2CN(CC(=O)N3CCCCCC3)CC2C1. The number of likely N-dealkylation sites (tertiary alicyclic amines) is 3. The minimum absolute atomic E-state index is 0.371. The summed E-state index contributed by atoms with van der Waals surface area (Å²) >= 11 is 0. The highest BCUT2D eigenvalue weighted by molar-refractivity contribution is 5.78. The zero-order valence-electron chi connectivity index (χ0n) is 12.2. The Balaban J connectivity index is 1.48. The molecule has 3 aliphatic heterocycles. The molecule has 0 aromatic rings. The first-order valence-electron chi connectivity index (χ1n) is 7.91. The van der Waals surface area contributed by atoms with Crippen LogP contribution in [0, 0.1) is 11.8 Å². The maximum atomic E-state index is 12.4. The van der Waals surface area contributed by atoms with E-state index >= 15 is 0 Å². The van der Waals surface area contributed by atoms with Gasteiger partial charge in [-0.25, -0.2) is 0 Å². The summed E-state index contributed by atoms with van der Waals surface area (Å²) in [6.07, 6.45) is 4.98. The second-order valence-corrected chi connectivity index (χ2v) is 6.73. The first-order valence-corrected chi connectivity index (χ1v) is 7.91. The predicted molar refractivity (Wildman–Crippen MR) is 76.0 cm³/mol.